The van der Waals surface area contributed by atoms with E-state index < -0.39 is 0 Å². The van der Waals surface area contributed by atoms with Crippen molar-refractivity contribution in [3.05, 3.63) is 40.1 Å². The van der Waals surface area contributed by atoms with Gasteiger partial charge in [-0.2, -0.15) is 0 Å². The number of hydrogen-bond donors (Lipinski definition) is 0. The molecule has 30 heavy (non-hydrogen) atoms. The molecule has 0 amide bonds. The van der Waals surface area contributed by atoms with Gasteiger partial charge in [0, 0.05) is 20.1 Å². The first kappa shape index (κ1) is 23.1. The summed E-state index contributed by atoms with van der Waals surface area (Å²) >= 11 is 14.9. The van der Waals surface area contributed by atoms with E-state index in [-0.39, 0.29) is 12.2 Å². The Kier molecular flexibility index (Phi) is 6.93. The maximum atomic E-state index is 6.35. The summed E-state index contributed by atoms with van der Waals surface area (Å²) < 4.78 is 26.9. The third kappa shape index (κ3) is 4.37. The molecule has 8 heteroatoms. The van der Waals surface area contributed by atoms with E-state index in [1.54, 1.807) is 0 Å². The number of ether oxygens (including phenoxy) is 4. The summed E-state index contributed by atoms with van der Waals surface area (Å²) in [6.07, 6.45) is 0.324. The molecule has 2 atom stereocenters. The smallest absolute Gasteiger partial charge is 0.143 e. The van der Waals surface area contributed by atoms with Crippen LogP contribution in [0.1, 0.15) is 22.3 Å². The molecule has 2 unspecified atom stereocenters. The van der Waals surface area contributed by atoms with Crippen LogP contribution in [0.5, 0.6) is 11.5 Å². The van der Waals surface area contributed by atoms with Gasteiger partial charge in [0.05, 0.1) is 22.2 Å². The summed E-state index contributed by atoms with van der Waals surface area (Å²) in [5, 5.41) is 0. The van der Waals surface area contributed by atoms with Gasteiger partial charge in [-0.25, -0.2) is 0 Å². The molecule has 0 spiro atoms. The fourth-order valence-electron chi connectivity index (χ4n) is 3.41. The maximum absolute atomic E-state index is 6.35. The fourth-order valence-corrected chi connectivity index (χ4v) is 5.81. The van der Waals surface area contributed by atoms with Gasteiger partial charge in [-0.3, -0.25) is 0 Å². The van der Waals surface area contributed by atoms with Gasteiger partial charge in [0.15, 0.2) is 0 Å². The van der Waals surface area contributed by atoms with Crippen molar-refractivity contribution in [2.45, 2.75) is 39.9 Å². The van der Waals surface area contributed by atoms with Crippen molar-refractivity contribution in [2.24, 2.45) is 0 Å². The molecule has 2 heterocycles. The lowest BCUT2D eigenvalue weighted by atomic mass is 9.89. The van der Waals surface area contributed by atoms with Crippen LogP contribution in [0.4, 0.5) is 0 Å². The summed E-state index contributed by atoms with van der Waals surface area (Å²) in [7, 11) is 0. The second-order valence-corrected chi connectivity index (χ2v) is 10.9. The summed E-state index contributed by atoms with van der Waals surface area (Å²) in [6.45, 7) is 11.1. The molecule has 2 aromatic carbocycles. The van der Waals surface area contributed by atoms with Crippen LogP contribution in [-0.2, 0) is 9.47 Å². The van der Waals surface area contributed by atoms with E-state index in [0.717, 1.165) is 59.3 Å². The van der Waals surface area contributed by atoms with Crippen LogP contribution < -0.4 is 9.47 Å². The van der Waals surface area contributed by atoms with Gasteiger partial charge in [0.25, 0.3) is 0 Å². The van der Waals surface area contributed by atoms with Crippen molar-refractivity contribution in [1.29, 1.82) is 0 Å². The van der Waals surface area contributed by atoms with Crippen molar-refractivity contribution in [2.75, 3.05) is 26.4 Å². The number of halogens is 4. The largest absolute Gasteiger partial charge is 0.490 e. The van der Waals surface area contributed by atoms with Crippen molar-refractivity contribution in [3.8, 4) is 22.6 Å². The van der Waals surface area contributed by atoms with Crippen LogP contribution in [0.3, 0.4) is 0 Å². The van der Waals surface area contributed by atoms with E-state index in [1.165, 1.54) is 16.7 Å². The van der Waals surface area contributed by atoms with E-state index in [0.29, 0.717) is 13.2 Å². The molecule has 2 fully saturated rings. The van der Waals surface area contributed by atoms with Crippen LogP contribution in [0.2, 0.25) is 0 Å². The highest BCUT2D eigenvalue weighted by Gasteiger charge is 2.31. The Labute approximate surface area is 210 Å². The molecule has 0 bridgehead atoms. The standard InChI is InChI=1S/C22H22Br4O4/c1-9-10(2)12(4)21(29-7-13-5-27-13)15(11(9)3)16-17(23)18(24)19(25)20(26)22(16)30-8-14-6-28-14/h13-14H,5-8H2,1-4H3. The van der Waals surface area contributed by atoms with Crippen LogP contribution in [-0.4, -0.2) is 38.6 Å². The molecule has 4 rings (SSSR count). The zero-order valence-electron chi connectivity index (χ0n) is 17.1. The van der Waals surface area contributed by atoms with Crippen LogP contribution >= 0.6 is 63.7 Å². The topological polar surface area (TPSA) is 43.5 Å². The number of hydrogen-bond acceptors (Lipinski definition) is 4. The van der Waals surface area contributed by atoms with Gasteiger partial charge < -0.3 is 18.9 Å². The zero-order chi connectivity index (χ0) is 21.7. The molecule has 4 nitrogen and oxygen atoms in total. The molecule has 0 saturated carbocycles. The number of benzene rings is 2. The minimum Gasteiger partial charge on any atom is -0.490 e. The SMILES string of the molecule is Cc1c(C)c(C)c(-c2c(Br)c(Br)c(Br)c(Br)c2OCC2CO2)c(OCC2CO2)c1C. The van der Waals surface area contributed by atoms with Gasteiger partial charge in [-0.1, -0.05) is 0 Å². The lowest BCUT2D eigenvalue weighted by molar-refractivity contribution is 0.259. The van der Waals surface area contributed by atoms with Crippen LogP contribution in [0.15, 0.2) is 17.9 Å². The summed E-state index contributed by atoms with van der Waals surface area (Å²) in [4.78, 5) is 0. The highest BCUT2D eigenvalue weighted by molar-refractivity contribution is 9.15. The summed E-state index contributed by atoms with van der Waals surface area (Å²) in [5.41, 5.74) is 6.77. The van der Waals surface area contributed by atoms with Gasteiger partial charge >= 0.3 is 0 Å². The lowest BCUT2D eigenvalue weighted by Crippen LogP contribution is -2.11. The Bertz CT molecular complexity index is 932. The minimum atomic E-state index is 0.149. The molecule has 162 valence electrons. The Morgan fingerprint density at radius 2 is 1.10 bits per heavy atom. The molecule has 2 saturated heterocycles. The van der Waals surface area contributed by atoms with Crippen molar-refractivity contribution in [3.63, 3.8) is 0 Å². The average Bonchev–Trinajstić information content (AvgIpc) is 3.63. The minimum absolute atomic E-state index is 0.149. The predicted octanol–water partition coefficient (Wildman–Crippen LogP) is 7.19. The molecule has 0 N–H and O–H groups in total. The van der Waals surface area contributed by atoms with Crippen molar-refractivity contribution >= 4 is 63.7 Å². The molecule has 0 aliphatic carbocycles. The average molecular weight is 670 g/mol. The normalized spacial score (nSPS) is 19.7. The summed E-state index contributed by atoms with van der Waals surface area (Å²) in [6, 6.07) is 0. The first-order chi connectivity index (χ1) is 14.2. The van der Waals surface area contributed by atoms with Crippen molar-refractivity contribution in [1.82, 2.24) is 0 Å². The first-order valence-corrected chi connectivity index (χ1v) is 12.8. The molecular formula is C22H22Br4O4. The number of rotatable bonds is 7. The van der Waals surface area contributed by atoms with Crippen molar-refractivity contribution < 1.29 is 18.9 Å². The molecule has 2 aliphatic rings. The van der Waals surface area contributed by atoms with Crippen LogP contribution in [0, 0.1) is 27.7 Å². The van der Waals surface area contributed by atoms with E-state index in [9.17, 15) is 0 Å². The second kappa shape index (κ2) is 9.02. The number of epoxide rings is 2. The first-order valence-electron chi connectivity index (χ1n) is 9.67. The quantitative estimate of drug-likeness (QED) is 0.178. The Morgan fingerprint density at radius 1 is 0.633 bits per heavy atom. The van der Waals surface area contributed by atoms with Gasteiger partial charge in [0.1, 0.15) is 36.9 Å². The van der Waals surface area contributed by atoms with E-state index in [2.05, 4.69) is 91.4 Å². The molecule has 0 aromatic heterocycles. The lowest BCUT2D eigenvalue weighted by Gasteiger charge is -2.25. The third-order valence-electron chi connectivity index (χ3n) is 5.74. The fraction of sp³-hybridized carbons (Fsp3) is 0.455. The highest BCUT2D eigenvalue weighted by atomic mass is 79.9. The van der Waals surface area contributed by atoms with Gasteiger partial charge in [-0.05, 0) is 114 Å². The molecule has 0 radical (unpaired) electrons. The predicted molar refractivity (Wildman–Crippen MR) is 132 cm³/mol. The summed E-state index contributed by atoms with van der Waals surface area (Å²) in [5.74, 6) is 1.63. The Morgan fingerprint density at radius 3 is 1.63 bits per heavy atom. The monoisotopic (exact) mass is 666 g/mol. The van der Waals surface area contributed by atoms with E-state index in [1.807, 2.05) is 0 Å². The van der Waals surface area contributed by atoms with Gasteiger partial charge in [0.2, 0.25) is 0 Å². The Balaban J connectivity index is 1.96. The molecule has 2 aliphatic heterocycles. The molecular weight excluding hydrogens is 648 g/mol. The Hall–Kier alpha value is -0.120. The van der Waals surface area contributed by atoms with E-state index >= 15 is 0 Å². The van der Waals surface area contributed by atoms with Crippen LogP contribution in [0.25, 0.3) is 11.1 Å². The van der Waals surface area contributed by atoms with E-state index in [4.69, 9.17) is 18.9 Å². The molecule has 2 aromatic rings. The zero-order valence-corrected chi connectivity index (χ0v) is 23.5. The maximum Gasteiger partial charge on any atom is 0.143 e. The second-order valence-electron chi connectivity index (χ2n) is 7.70. The third-order valence-corrected chi connectivity index (χ3v) is 10.5. The highest BCUT2D eigenvalue weighted by Crippen LogP contribution is 2.54. The van der Waals surface area contributed by atoms with Gasteiger partial charge in [-0.15, -0.1) is 0 Å².